The molecule has 0 spiro atoms. The summed E-state index contributed by atoms with van der Waals surface area (Å²) in [6.45, 7) is 1.34. The molecule has 0 saturated heterocycles. The van der Waals surface area contributed by atoms with E-state index in [0.29, 0.717) is 12.1 Å². The predicted octanol–water partition coefficient (Wildman–Crippen LogP) is -1.06. The lowest BCUT2D eigenvalue weighted by atomic mass is 9.94. The van der Waals surface area contributed by atoms with Crippen molar-refractivity contribution in [3.63, 3.8) is 0 Å². The molecule has 4 nitrogen and oxygen atoms in total. The Morgan fingerprint density at radius 1 is 1.50 bits per heavy atom. The number of likely N-dealkylation sites (N-methyl/N-ethyl adjacent to an activating group) is 1. The monoisotopic (exact) mass is 220 g/mol. The van der Waals surface area contributed by atoms with Crippen molar-refractivity contribution in [3.05, 3.63) is 23.8 Å². The Balaban J connectivity index is 2.59. The zero-order chi connectivity index (χ0) is 12.1. The Hall–Kier alpha value is -1.49. The van der Waals surface area contributed by atoms with Gasteiger partial charge in [0.25, 0.3) is 5.91 Å². The molecule has 1 amide bonds. The van der Waals surface area contributed by atoms with Gasteiger partial charge in [-0.2, -0.15) is 0 Å². The van der Waals surface area contributed by atoms with Gasteiger partial charge >= 0.3 is 0 Å². The Morgan fingerprint density at radius 2 is 2.19 bits per heavy atom. The van der Waals surface area contributed by atoms with Crippen molar-refractivity contribution in [1.82, 2.24) is 10.2 Å². The van der Waals surface area contributed by atoms with Crippen LogP contribution in [0.1, 0.15) is 10.4 Å². The van der Waals surface area contributed by atoms with Crippen LogP contribution in [0.25, 0.3) is 0 Å². The average molecular weight is 220 g/mol. The summed E-state index contributed by atoms with van der Waals surface area (Å²) < 4.78 is 0. The molecule has 1 aromatic carbocycles. The molecule has 0 aliphatic carbocycles. The van der Waals surface area contributed by atoms with Gasteiger partial charge in [0.1, 0.15) is 13.6 Å². The molecule has 0 fully saturated rings. The molecule has 2 N–H and O–H groups in total. The first-order valence-corrected chi connectivity index (χ1v) is 5.23. The van der Waals surface area contributed by atoms with Crippen molar-refractivity contribution >= 4 is 19.2 Å². The number of nitrogens with zero attached hydrogens (tertiary/aromatic N) is 1. The highest BCUT2D eigenvalue weighted by Crippen LogP contribution is 2.13. The predicted molar refractivity (Wildman–Crippen MR) is 67.2 cm³/mol. The van der Waals surface area contributed by atoms with Crippen molar-refractivity contribution in [1.29, 1.82) is 0 Å². The van der Waals surface area contributed by atoms with Crippen LogP contribution in [-0.4, -0.2) is 50.9 Å². The summed E-state index contributed by atoms with van der Waals surface area (Å²) in [5.41, 5.74) is 1.26. The zero-order valence-electron chi connectivity index (χ0n) is 9.95. The summed E-state index contributed by atoms with van der Waals surface area (Å²) in [6, 6.07) is 5.02. The normalized spacial score (nSPS) is 10.4. The first kappa shape index (κ1) is 12.6. The van der Waals surface area contributed by atoms with Crippen LogP contribution in [0.3, 0.4) is 0 Å². The Morgan fingerprint density at radius 3 is 2.75 bits per heavy atom. The van der Waals surface area contributed by atoms with Crippen molar-refractivity contribution in [2.75, 3.05) is 27.2 Å². The van der Waals surface area contributed by atoms with Crippen LogP contribution in [0.15, 0.2) is 18.2 Å². The molecule has 0 heterocycles. The lowest BCUT2D eigenvalue weighted by molar-refractivity contribution is 0.0948. The van der Waals surface area contributed by atoms with Crippen LogP contribution < -0.4 is 10.8 Å². The second-order valence-electron chi connectivity index (χ2n) is 4.08. The van der Waals surface area contributed by atoms with Gasteiger partial charge in [-0.3, -0.25) is 4.79 Å². The van der Waals surface area contributed by atoms with Gasteiger partial charge in [0.15, 0.2) is 0 Å². The summed E-state index contributed by atoms with van der Waals surface area (Å²) in [5, 5.41) is 12.3. The first-order chi connectivity index (χ1) is 7.50. The van der Waals surface area contributed by atoms with Crippen molar-refractivity contribution in [2.24, 2.45) is 0 Å². The van der Waals surface area contributed by atoms with Crippen LogP contribution in [0.4, 0.5) is 0 Å². The lowest BCUT2D eigenvalue weighted by Gasteiger charge is -2.11. The Labute approximate surface area is 96.7 Å². The molecule has 0 aromatic heterocycles. The molecule has 5 heteroatoms. The van der Waals surface area contributed by atoms with Crippen molar-refractivity contribution in [2.45, 2.75) is 0 Å². The molecule has 16 heavy (non-hydrogen) atoms. The number of nitrogens with one attached hydrogen (secondary N) is 1. The zero-order valence-corrected chi connectivity index (χ0v) is 9.95. The van der Waals surface area contributed by atoms with E-state index >= 15 is 0 Å². The third-order valence-electron chi connectivity index (χ3n) is 2.24. The third-order valence-corrected chi connectivity index (χ3v) is 2.24. The van der Waals surface area contributed by atoms with Crippen LogP contribution >= 0.6 is 0 Å². The van der Waals surface area contributed by atoms with Crippen molar-refractivity contribution < 1.29 is 9.90 Å². The summed E-state index contributed by atoms with van der Waals surface area (Å²) in [7, 11) is 5.75. The van der Waals surface area contributed by atoms with E-state index in [2.05, 4.69) is 5.32 Å². The molecule has 0 atom stereocenters. The van der Waals surface area contributed by atoms with E-state index in [4.69, 9.17) is 0 Å². The van der Waals surface area contributed by atoms with E-state index in [1.807, 2.05) is 26.8 Å². The van der Waals surface area contributed by atoms with E-state index in [9.17, 15) is 9.90 Å². The van der Waals surface area contributed by atoms with E-state index in [1.54, 1.807) is 18.2 Å². The number of phenols is 1. The molecule has 0 bridgehead atoms. The smallest absolute Gasteiger partial charge is 0.255 e. The average Bonchev–Trinajstić information content (AvgIpc) is 2.16. The maximum atomic E-state index is 11.7. The van der Waals surface area contributed by atoms with Crippen LogP contribution in [0, 0.1) is 0 Å². The van der Waals surface area contributed by atoms with Gasteiger partial charge < -0.3 is 15.3 Å². The quantitative estimate of drug-likeness (QED) is 0.636. The minimum atomic E-state index is -0.237. The molecule has 0 saturated carbocycles. The second-order valence-corrected chi connectivity index (χ2v) is 4.08. The van der Waals surface area contributed by atoms with Crippen molar-refractivity contribution in [3.8, 4) is 5.75 Å². The Kier molecular flexibility index (Phi) is 4.37. The largest absolute Gasteiger partial charge is 0.507 e. The number of rotatable bonds is 4. The van der Waals surface area contributed by atoms with E-state index in [1.165, 1.54) is 0 Å². The summed E-state index contributed by atoms with van der Waals surface area (Å²) >= 11 is 0. The topological polar surface area (TPSA) is 52.6 Å². The number of aromatic hydroxyl groups is 1. The fourth-order valence-corrected chi connectivity index (χ4v) is 1.32. The molecular formula is C11H17BN2O2. The van der Waals surface area contributed by atoms with E-state index < -0.39 is 0 Å². The highest BCUT2D eigenvalue weighted by Gasteiger charge is 2.09. The fourth-order valence-electron chi connectivity index (χ4n) is 1.32. The minimum absolute atomic E-state index is 0.0300. The highest BCUT2D eigenvalue weighted by molar-refractivity contribution is 6.32. The van der Waals surface area contributed by atoms with E-state index in [-0.39, 0.29) is 11.7 Å². The van der Waals surface area contributed by atoms with Crippen LogP contribution in [0.2, 0.25) is 0 Å². The molecule has 0 radical (unpaired) electrons. The summed E-state index contributed by atoms with van der Waals surface area (Å²) in [5.74, 6) is -0.207. The molecule has 86 valence electrons. The number of hydrogen-bond acceptors (Lipinski definition) is 3. The first-order valence-electron chi connectivity index (χ1n) is 5.23. The molecular weight excluding hydrogens is 203 g/mol. The summed E-state index contributed by atoms with van der Waals surface area (Å²) in [4.78, 5) is 13.7. The van der Waals surface area contributed by atoms with Gasteiger partial charge in [0, 0.05) is 13.1 Å². The molecule has 1 aromatic rings. The van der Waals surface area contributed by atoms with Gasteiger partial charge in [-0.1, -0.05) is 11.5 Å². The van der Waals surface area contributed by atoms with Gasteiger partial charge in [-0.15, -0.1) is 0 Å². The van der Waals surface area contributed by atoms with Gasteiger partial charge in [0.2, 0.25) is 0 Å². The fraction of sp³-hybridized carbons (Fsp3) is 0.364. The van der Waals surface area contributed by atoms with Crippen LogP contribution in [0.5, 0.6) is 5.75 Å². The highest BCUT2D eigenvalue weighted by atomic mass is 16.3. The number of phenolic OH excluding ortho intramolecular Hbond substituents is 1. The summed E-state index contributed by atoms with van der Waals surface area (Å²) in [6.07, 6.45) is 0. The van der Waals surface area contributed by atoms with Gasteiger partial charge in [0.05, 0.1) is 5.56 Å². The molecule has 0 aliphatic heterocycles. The molecule has 1 rings (SSSR count). The number of carbonyl (C=O) groups excluding carboxylic acids is 1. The number of benzene rings is 1. The number of carbonyl (C=O) groups is 1. The minimum Gasteiger partial charge on any atom is -0.507 e. The molecule has 0 unspecified atom stereocenters. The standard InChI is InChI=1S/C11H17BN2O2/c1-14(2)6-5-13-11(16)9-4-3-8(12)7-10(9)15/h3-4,7,15H,5-6,12H2,1-2H3,(H,13,16). The SMILES string of the molecule is Bc1ccc(C(=O)NCCN(C)C)c(O)c1. The van der Waals surface area contributed by atoms with E-state index in [0.717, 1.165) is 12.0 Å². The Bertz CT molecular complexity index is 380. The second kappa shape index (κ2) is 5.56. The molecule has 0 aliphatic rings. The lowest BCUT2D eigenvalue weighted by Crippen LogP contribution is -2.31. The third kappa shape index (κ3) is 3.58. The van der Waals surface area contributed by atoms with Gasteiger partial charge in [-0.25, -0.2) is 0 Å². The number of hydrogen-bond donors (Lipinski definition) is 2. The van der Waals surface area contributed by atoms with Crippen LogP contribution in [-0.2, 0) is 0 Å². The number of amides is 1. The van der Waals surface area contributed by atoms with Gasteiger partial charge in [-0.05, 0) is 26.2 Å². The maximum Gasteiger partial charge on any atom is 0.255 e. The maximum absolute atomic E-state index is 11.7.